The average Bonchev–Trinajstić information content (AvgIpc) is 2.82. The van der Waals surface area contributed by atoms with E-state index >= 15 is 0 Å². The first-order chi connectivity index (χ1) is 10.1. The first kappa shape index (κ1) is 19.2. The van der Waals surface area contributed by atoms with Crippen LogP contribution in [0, 0.1) is 0 Å². The number of nitrogens with one attached hydrogen (secondary N) is 1. The molecule has 0 radical (unpaired) electrons. The van der Waals surface area contributed by atoms with Crippen molar-refractivity contribution in [3.63, 3.8) is 0 Å². The molecule has 0 aromatic heterocycles. The van der Waals surface area contributed by atoms with E-state index in [4.69, 9.17) is 4.74 Å². The molecule has 0 bridgehead atoms. The van der Waals surface area contributed by atoms with Gasteiger partial charge in [0.1, 0.15) is 5.60 Å². The molecule has 1 aliphatic heterocycles. The van der Waals surface area contributed by atoms with Crippen LogP contribution in [0.25, 0.3) is 0 Å². The minimum Gasteiger partial charge on any atom is -0.444 e. The van der Waals surface area contributed by atoms with Gasteiger partial charge in [0.05, 0.1) is 0 Å². The Morgan fingerprint density at radius 2 is 2.05 bits per heavy atom. The van der Waals surface area contributed by atoms with Crippen molar-refractivity contribution in [2.75, 3.05) is 26.7 Å². The van der Waals surface area contributed by atoms with Gasteiger partial charge >= 0.3 is 6.09 Å². The molecule has 1 atom stereocenters. The zero-order valence-electron chi connectivity index (χ0n) is 14.3. The third-order valence-electron chi connectivity index (χ3n) is 3.42. The maximum Gasteiger partial charge on any atom is 0.407 e. The van der Waals surface area contributed by atoms with Gasteiger partial charge in [-0.05, 0) is 33.6 Å². The first-order valence-corrected chi connectivity index (χ1v) is 9.17. The van der Waals surface area contributed by atoms with Gasteiger partial charge in [0.25, 0.3) is 10.2 Å². The maximum atomic E-state index is 12.4. The monoisotopic (exact) mass is 335 g/mol. The summed E-state index contributed by atoms with van der Waals surface area (Å²) in [7, 11) is -1.84. The van der Waals surface area contributed by atoms with E-state index in [9.17, 15) is 13.2 Å². The highest BCUT2D eigenvalue weighted by Crippen LogP contribution is 2.17. The summed E-state index contributed by atoms with van der Waals surface area (Å²) in [5, 5.41) is 2.73. The molecule has 22 heavy (non-hydrogen) atoms. The van der Waals surface area contributed by atoms with E-state index in [0.29, 0.717) is 19.5 Å². The fourth-order valence-corrected chi connectivity index (χ4v) is 3.68. The summed E-state index contributed by atoms with van der Waals surface area (Å²) in [5.41, 5.74) is -0.561. The van der Waals surface area contributed by atoms with Gasteiger partial charge < -0.3 is 10.1 Å². The second-order valence-corrected chi connectivity index (χ2v) is 8.71. The quantitative estimate of drug-likeness (QED) is 0.799. The van der Waals surface area contributed by atoms with Gasteiger partial charge in [-0.1, -0.05) is 13.3 Å². The average molecular weight is 335 g/mol. The predicted octanol–water partition coefficient (Wildman–Crippen LogP) is 1.56. The van der Waals surface area contributed by atoms with Crippen LogP contribution >= 0.6 is 0 Å². The molecule has 0 aromatic rings. The van der Waals surface area contributed by atoms with Crippen LogP contribution in [-0.4, -0.2) is 61.4 Å². The molecule has 0 aliphatic carbocycles. The summed E-state index contributed by atoms with van der Waals surface area (Å²) < 4.78 is 32.8. The fourth-order valence-electron chi connectivity index (χ4n) is 2.22. The van der Waals surface area contributed by atoms with Crippen LogP contribution in [0.5, 0.6) is 0 Å². The number of hydrogen-bond acceptors (Lipinski definition) is 4. The third-order valence-corrected chi connectivity index (χ3v) is 5.37. The number of amides is 1. The molecule has 1 N–H and O–H groups in total. The lowest BCUT2D eigenvalue weighted by Crippen LogP contribution is -2.44. The summed E-state index contributed by atoms with van der Waals surface area (Å²) >= 11 is 0. The smallest absolute Gasteiger partial charge is 0.407 e. The minimum absolute atomic E-state index is 0.204. The molecular weight excluding hydrogens is 306 g/mol. The zero-order valence-corrected chi connectivity index (χ0v) is 15.1. The van der Waals surface area contributed by atoms with Crippen molar-refractivity contribution in [2.24, 2.45) is 0 Å². The van der Waals surface area contributed by atoms with Crippen LogP contribution in [0.15, 0.2) is 0 Å². The second-order valence-electron chi connectivity index (χ2n) is 6.67. The van der Waals surface area contributed by atoms with Crippen molar-refractivity contribution >= 4 is 16.3 Å². The number of unbranched alkanes of at least 4 members (excludes halogenated alkanes) is 1. The summed E-state index contributed by atoms with van der Waals surface area (Å²) in [5.74, 6) is 0. The highest BCUT2D eigenvalue weighted by atomic mass is 32.2. The van der Waals surface area contributed by atoms with E-state index < -0.39 is 21.9 Å². The molecule has 0 unspecified atom stereocenters. The summed E-state index contributed by atoms with van der Waals surface area (Å²) in [6.45, 7) is 8.62. The number of rotatable bonds is 6. The topological polar surface area (TPSA) is 79.0 Å². The van der Waals surface area contributed by atoms with Crippen molar-refractivity contribution < 1.29 is 17.9 Å². The van der Waals surface area contributed by atoms with Gasteiger partial charge in [-0.2, -0.15) is 17.0 Å². The minimum atomic E-state index is -3.44. The van der Waals surface area contributed by atoms with Gasteiger partial charge in [-0.15, -0.1) is 0 Å². The maximum absolute atomic E-state index is 12.4. The molecule has 1 saturated heterocycles. The summed E-state index contributed by atoms with van der Waals surface area (Å²) in [6, 6.07) is -0.204. The van der Waals surface area contributed by atoms with Gasteiger partial charge in [0.2, 0.25) is 0 Å². The normalized spacial score (nSPS) is 20.4. The summed E-state index contributed by atoms with van der Waals surface area (Å²) in [6.07, 6.45) is 1.88. The molecule has 1 amide bonds. The number of ether oxygens (including phenoxy) is 1. The van der Waals surface area contributed by atoms with E-state index in [1.807, 2.05) is 6.92 Å². The lowest BCUT2D eigenvalue weighted by atomic mass is 10.2. The molecule has 1 fully saturated rings. The van der Waals surface area contributed by atoms with Crippen LogP contribution in [0.3, 0.4) is 0 Å². The van der Waals surface area contributed by atoms with E-state index in [1.165, 1.54) is 8.61 Å². The van der Waals surface area contributed by atoms with E-state index in [1.54, 1.807) is 27.8 Å². The lowest BCUT2D eigenvalue weighted by Gasteiger charge is -2.24. The van der Waals surface area contributed by atoms with Crippen molar-refractivity contribution in [2.45, 2.75) is 58.6 Å². The Balaban J connectivity index is 2.53. The van der Waals surface area contributed by atoms with Gasteiger partial charge in [-0.25, -0.2) is 4.79 Å². The van der Waals surface area contributed by atoms with Crippen LogP contribution < -0.4 is 5.32 Å². The largest absolute Gasteiger partial charge is 0.444 e. The number of carbonyl (C=O) groups excluding carboxylic acids is 1. The molecule has 130 valence electrons. The van der Waals surface area contributed by atoms with Crippen LogP contribution in [0.1, 0.15) is 47.0 Å². The Bertz CT molecular complexity index is 473. The Hall–Kier alpha value is -0.860. The number of nitrogens with zero attached hydrogens (tertiary/aromatic N) is 2. The lowest BCUT2D eigenvalue weighted by molar-refractivity contribution is 0.0507. The van der Waals surface area contributed by atoms with Gasteiger partial charge in [0.15, 0.2) is 0 Å². The molecule has 1 rings (SSSR count). The fraction of sp³-hybridized carbons (Fsp3) is 0.929. The molecular formula is C14H29N3O4S. The highest BCUT2D eigenvalue weighted by molar-refractivity contribution is 7.86. The molecule has 7 nitrogen and oxygen atoms in total. The summed E-state index contributed by atoms with van der Waals surface area (Å²) in [4.78, 5) is 11.7. The molecule has 0 aromatic carbocycles. The number of carbonyl (C=O) groups is 1. The van der Waals surface area contributed by atoms with Gasteiger partial charge in [0, 0.05) is 32.7 Å². The highest BCUT2D eigenvalue weighted by Gasteiger charge is 2.35. The number of hydrogen-bond donors (Lipinski definition) is 1. The van der Waals surface area contributed by atoms with E-state index in [0.717, 1.165) is 12.8 Å². The van der Waals surface area contributed by atoms with Crippen molar-refractivity contribution in [1.82, 2.24) is 13.9 Å². The van der Waals surface area contributed by atoms with Crippen LogP contribution in [0.4, 0.5) is 4.79 Å². The Kier molecular flexibility index (Phi) is 6.64. The SMILES string of the molecule is CCCCN(C)S(=O)(=O)N1CC[C@@H](NC(=O)OC(C)(C)C)C1. The molecule has 8 heteroatoms. The first-order valence-electron chi connectivity index (χ1n) is 7.77. The van der Waals surface area contributed by atoms with Crippen LogP contribution in [0.2, 0.25) is 0 Å². The second kappa shape index (κ2) is 7.61. The Labute approximate surface area is 134 Å². The van der Waals surface area contributed by atoms with Gasteiger partial charge in [-0.3, -0.25) is 0 Å². The molecule has 0 saturated carbocycles. The van der Waals surface area contributed by atoms with Crippen LogP contribution in [-0.2, 0) is 14.9 Å². The third kappa shape index (κ3) is 5.73. The molecule has 1 aliphatic rings. The van der Waals surface area contributed by atoms with E-state index in [-0.39, 0.29) is 12.6 Å². The standard InChI is InChI=1S/C14H29N3O4S/c1-6-7-9-16(5)22(19,20)17-10-8-12(11-17)15-13(18)21-14(2,3)4/h12H,6-11H2,1-5H3,(H,15,18)/t12-/m1/s1. The van der Waals surface area contributed by atoms with Crippen molar-refractivity contribution in [1.29, 1.82) is 0 Å². The predicted molar refractivity (Wildman–Crippen MR) is 85.8 cm³/mol. The van der Waals surface area contributed by atoms with Crippen molar-refractivity contribution in [3.8, 4) is 0 Å². The Morgan fingerprint density at radius 3 is 2.59 bits per heavy atom. The molecule has 1 heterocycles. The Morgan fingerprint density at radius 1 is 1.41 bits per heavy atom. The number of alkyl carbamates (subject to hydrolysis) is 1. The molecule has 0 spiro atoms. The zero-order chi connectivity index (χ0) is 17.0. The van der Waals surface area contributed by atoms with E-state index in [2.05, 4.69) is 5.32 Å². The van der Waals surface area contributed by atoms with Crippen molar-refractivity contribution in [3.05, 3.63) is 0 Å².